The molecule has 3 heterocycles. The fraction of sp³-hybridized carbons (Fsp3) is 0.0556. The lowest BCUT2D eigenvalue weighted by Crippen LogP contribution is -2.14. The van der Waals surface area contributed by atoms with Gasteiger partial charge in [-0.3, -0.25) is 0 Å². The van der Waals surface area contributed by atoms with Crippen LogP contribution < -0.4 is 0 Å². The number of rotatable bonds is 5. The predicted octanol–water partition coefficient (Wildman–Crippen LogP) is 14.8. The van der Waals surface area contributed by atoms with E-state index in [-0.39, 0.29) is 5.41 Å². The first kappa shape index (κ1) is 33.9. The van der Waals surface area contributed by atoms with Gasteiger partial charge in [0.05, 0.1) is 0 Å². The lowest BCUT2D eigenvalue weighted by atomic mass is 9.82. The van der Waals surface area contributed by atoms with E-state index in [1.165, 1.54) is 42.6 Å². The number of benzene rings is 8. The van der Waals surface area contributed by atoms with E-state index < -0.39 is 0 Å². The molecule has 8 aromatic carbocycles. The molecule has 0 fully saturated rings. The quantitative estimate of drug-likeness (QED) is 0.175. The minimum absolute atomic E-state index is 0.0457. The number of nitrogens with zero attached hydrogens (tertiary/aromatic N) is 3. The van der Waals surface area contributed by atoms with Crippen LogP contribution in [0.3, 0.4) is 0 Å². The van der Waals surface area contributed by atoms with Crippen molar-refractivity contribution in [1.29, 1.82) is 0 Å². The van der Waals surface area contributed by atoms with Crippen LogP contribution in [0.2, 0.25) is 0 Å². The Morgan fingerprint density at radius 1 is 0.390 bits per heavy atom. The minimum atomic E-state index is -0.0457. The van der Waals surface area contributed by atoms with Crippen molar-refractivity contribution in [2.75, 3.05) is 0 Å². The van der Waals surface area contributed by atoms with E-state index in [0.717, 1.165) is 60.7 Å². The molecule has 278 valence electrons. The maximum absolute atomic E-state index is 6.59. The summed E-state index contributed by atoms with van der Waals surface area (Å²) in [5, 5.41) is 4.36. The second-order valence-corrected chi connectivity index (χ2v) is 17.0. The molecule has 1 aliphatic carbocycles. The molecule has 0 bridgehead atoms. The Morgan fingerprint density at radius 2 is 0.983 bits per heavy atom. The average Bonchev–Trinajstić information content (AvgIpc) is 3.94. The highest BCUT2D eigenvalue weighted by atomic mass is 32.1. The zero-order valence-corrected chi connectivity index (χ0v) is 33.2. The molecular weight excluding hydrogens is 739 g/mol. The van der Waals surface area contributed by atoms with Crippen LogP contribution in [0, 0.1) is 0 Å². The van der Waals surface area contributed by atoms with Gasteiger partial charge in [-0.25, -0.2) is 15.0 Å². The van der Waals surface area contributed by atoms with Gasteiger partial charge in [-0.05, 0) is 80.9 Å². The van der Waals surface area contributed by atoms with Crippen molar-refractivity contribution in [2.45, 2.75) is 19.3 Å². The molecule has 1 aliphatic rings. The molecular formula is C54H35N3OS. The van der Waals surface area contributed by atoms with E-state index >= 15 is 0 Å². The molecule has 0 amide bonds. The van der Waals surface area contributed by atoms with Crippen molar-refractivity contribution in [2.24, 2.45) is 0 Å². The molecule has 0 radical (unpaired) electrons. The van der Waals surface area contributed by atoms with E-state index in [9.17, 15) is 0 Å². The van der Waals surface area contributed by atoms with Crippen LogP contribution in [0.1, 0.15) is 25.0 Å². The Labute approximate surface area is 345 Å². The Kier molecular flexibility index (Phi) is 7.41. The highest BCUT2D eigenvalue weighted by Crippen LogP contribution is 2.50. The third kappa shape index (κ3) is 5.25. The van der Waals surface area contributed by atoms with Crippen molar-refractivity contribution in [3.05, 3.63) is 187 Å². The first-order valence-corrected chi connectivity index (χ1v) is 20.8. The summed E-state index contributed by atoms with van der Waals surface area (Å²) in [5.74, 6) is 1.85. The van der Waals surface area contributed by atoms with Crippen molar-refractivity contribution in [3.8, 4) is 67.5 Å². The molecule has 12 rings (SSSR count). The van der Waals surface area contributed by atoms with Gasteiger partial charge in [-0.1, -0.05) is 153 Å². The minimum Gasteiger partial charge on any atom is -0.456 e. The molecule has 5 heteroatoms. The van der Waals surface area contributed by atoms with E-state index in [1.807, 2.05) is 18.2 Å². The highest BCUT2D eigenvalue weighted by molar-refractivity contribution is 7.25. The van der Waals surface area contributed by atoms with Gasteiger partial charge in [0.2, 0.25) is 0 Å². The van der Waals surface area contributed by atoms with Crippen molar-refractivity contribution < 1.29 is 4.42 Å². The maximum Gasteiger partial charge on any atom is 0.164 e. The van der Waals surface area contributed by atoms with E-state index in [1.54, 1.807) is 11.3 Å². The Morgan fingerprint density at radius 3 is 1.81 bits per heavy atom. The number of furan rings is 1. The van der Waals surface area contributed by atoms with Gasteiger partial charge >= 0.3 is 0 Å². The van der Waals surface area contributed by atoms with Crippen LogP contribution in [0.15, 0.2) is 180 Å². The molecule has 0 saturated heterocycles. The number of fused-ring (bicyclic) bond motifs is 9. The van der Waals surface area contributed by atoms with Gasteiger partial charge in [0.1, 0.15) is 11.2 Å². The average molecular weight is 774 g/mol. The molecule has 4 nitrogen and oxygen atoms in total. The van der Waals surface area contributed by atoms with Gasteiger partial charge in [0.15, 0.2) is 17.5 Å². The number of hydrogen-bond donors (Lipinski definition) is 0. The van der Waals surface area contributed by atoms with E-state index in [0.29, 0.717) is 17.5 Å². The summed E-state index contributed by atoms with van der Waals surface area (Å²) in [4.78, 5) is 16.0. The fourth-order valence-electron chi connectivity index (χ4n) is 9.34. The molecule has 0 atom stereocenters. The predicted molar refractivity (Wildman–Crippen MR) is 245 cm³/mol. The number of hydrogen-bond acceptors (Lipinski definition) is 5. The molecule has 0 unspecified atom stereocenters. The maximum atomic E-state index is 6.59. The van der Waals surface area contributed by atoms with Crippen molar-refractivity contribution >= 4 is 53.4 Å². The number of thiophene rings is 1. The smallest absolute Gasteiger partial charge is 0.164 e. The molecule has 0 aliphatic heterocycles. The SMILES string of the molecule is CC1(C)c2ccccc2-c2cc(-c3ccc4oc5cccc(-c6nc(-c7ccccc7-c7ccccc7)nc(-c7cccc8sc9ccccc9c78)n6)c5c4c3)ccc21. The molecule has 0 saturated carbocycles. The zero-order chi connectivity index (χ0) is 39.2. The largest absolute Gasteiger partial charge is 0.456 e. The summed E-state index contributed by atoms with van der Waals surface area (Å²) in [6.07, 6.45) is 0. The Bertz CT molecular complexity index is 3490. The van der Waals surface area contributed by atoms with Crippen LogP contribution in [0.5, 0.6) is 0 Å². The first-order chi connectivity index (χ1) is 29.0. The van der Waals surface area contributed by atoms with E-state index in [2.05, 4.69) is 172 Å². The summed E-state index contributed by atoms with van der Waals surface area (Å²) >= 11 is 1.79. The normalized spacial score (nSPS) is 13.1. The lowest BCUT2D eigenvalue weighted by Gasteiger charge is -2.21. The van der Waals surface area contributed by atoms with Gasteiger partial charge < -0.3 is 4.42 Å². The standard InChI is InChI=1S/C54H35N3OS/c1-54(2)43-22-10-8-17-36(43)41-30-33(26-28-44(41)54)34-27-29-45-42(31-34)49-39(20-12-23-46(49)58-45)52-55-51(37-18-7-6-16-35(37)32-14-4-3-5-15-32)56-53(57-52)40-21-13-25-48-50(40)38-19-9-11-24-47(38)59-48/h3-31H,1-2H3. The van der Waals surface area contributed by atoms with Crippen molar-refractivity contribution in [3.63, 3.8) is 0 Å². The van der Waals surface area contributed by atoms with Crippen molar-refractivity contribution in [1.82, 2.24) is 15.0 Å². The van der Waals surface area contributed by atoms with Crippen LogP contribution in [-0.4, -0.2) is 15.0 Å². The second-order valence-electron chi connectivity index (χ2n) is 15.9. The van der Waals surface area contributed by atoms with Crippen LogP contribution >= 0.6 is 11.3 Å². The highest BCUT2D eigenvalue weighted by Gasteiger charge is 2.35. The third-order valence-corrected chi connectivity index (χ3v) is 13.3. The molecule has 3 aromatic heterocycles. The summed E-state index contributed by atoms with van der Waals surface area (Å²) < 4.78 is 9.02. The second kappa shape index (κ2) is 12.9. The van der Waals surface area contributed by atoms with Crippen LogP contribution in [-0.2, 0) is 5.41 Å². The summed E-state index contributed by atoms with van der Waals surface area (Å²) in [7, 11) is 0. The summed E-state index contributed by atoms with van der Waals surface area (Å²) in [6.45, 7) is 4.65. The zero-order valence-electron chi connectivity index (χ0n) is 32.4. The Balaban J connectivity index is 1.09. The molecule has 11 aromatic rings. The lowest BCUT2D eigenvalue weighted by molar-refractivity contribution is 0.660. The molecule has 0 N–H and O–H groups in total. The monoisotopic (exact) mass is 773 g/mol. The summed E-state index contributed by atoms with van der Waals surface area (Å²) in [5.41, 5.74) is 14.2. The fourth-order valence-corrected chi connectivity index (χ4v) is 10.5. The molecule has 0 spiro atoms. The van der Waals surface area contributed by atoms with Crippen LogP contribution in [0.4, 0.5) is 0 Å². The van der Waals surface area contributed by atoms with Gasteiger partial charge in [0, 0.05) is 53.1 Å². The van der Waals surface area contributed by atoms with E-state index in [4.69, 9.17) is 19.4 Å². The molecule has 59 heavy (non-hydrogen) atoms. The summed E-state index contributed by atoms with van der Waals surface area (Å²) in [6, 6.07) is 62.3. The van der Waals surface area contributed by atoms with Gasteiger partial charge in [-0.15, -0.1) is 11.3 Å². The topological polar surface area (TPSA) is 51.8 Å². The van der Waals surface area contributed by atoms with Gasteiger partial charge in [-0.2, -0.15) is 0 Å². The van der Waals surface area contributed by atoms with Gasteiger partial charge in [0.25, 0.3) is 0 Å². The van der Waals surface area contributed by atoms with Crippen LogP contribution in [0.25, 0.3) is 110 Å². The number of aromatic nitrogens is 3. The first-order valence-electron chi connectivity index (χ1n) is 20.0. The Hall–Kier alpha value is -7.21. The third-order valence-electron chi connectivity index (χ3n) is 12.2.